The molecule has 1 spiro atoms. The molecule has 3 aliphatic rings. The first-order chi connectivity index (χ1) is 13.5. The number of esters is 2. The number of carbonyl (C=O) groups excluding carboxylic acids is 2. The van der Waals surface area contributed by atoms with Gasteiger partial charge >= 0.3 is 168 Å². The molecule has 4 rings (SSSR count). The first-order valence-corrected chi connectivity index (χ1v) is 11.4. The third kappa shape index (κ3) is 2.54. The quantitative estimate of drug-likeness (QED) is 0.406. The molecule has 29 heavy (non-hydrogen) atoms. The Morgan fingerprint density at radius 1 is 0.966 bits per heavy atom. The molecule has 2 fully saturated rings. The molecule has 0 N–H and O–H groups in total. The second-order valence-corrected chi connectivity index (χ2v) is 10.9. The third-order valence-electron chi connectivity index (χ3n) is 4.84. The van der Waals surface area contributed by atoms with E-state index < -0.39 is 36.2 Å². The van der Waals surface area contributed by atoms with Crippen molar-refractivity contribution >= 4 is 19.4 Å². The minimum absolute atomic E-state index is 0.0110. The van der Waals surface area contributed by atoms with E-state index >= 15 is 0 Å². The average molecular weight is 428 g/mol. The number of carbonyl (C=O) groups is 2. The van der Waals surface area contributed by atoms with Crippen LogP contribution in [-0.4, -0.2) is 41.9 Å². The Morgan fingerprint density at radius 3 is 1.97 bits per heavy atom. The fraction of sp³-hybridized carbons (Fsp3) is 0.579. The van der Waals surface area contributed by atoms with Crippen molar-refractivity contribution in [3.8, 4) is 11.5 Å². The minimum atomic E-state index is -5.15. The molecule has 2 bridgehead atoms. The van der Waals surface area contributed by atoms with E-state index in [2.05, 4.69) is 0 Å². The van der Waals surface area contributed by atoms with Gasteiger partial charge in [-0.05, 0) is 0 Å². The molecule has 9 nitrogen and oxygen atoms in total. The Hall–Kier alpha value is -1.93. The fourth-order valence-electron chi connectivity index (χ4n) is 4.27. The summed E-state index contributed by atoms with van der Waals surface area (Å²) < 4.78 is 41.6. The van der Waals surface area contributed by atoms with Crippen molar-refractivity contribution in [3.63, 3.8) is 0 Å². The van der Waals surface area contributed by atoms with Crippen LogP contribution < -0.4 is 9.05 Å². The molecule has 3 aliphatic heterocycles. The normalized spacial score (nSPS) is 30.2. The van der Waals surface area contributed by atoms with Gasteiger partial charge in [0.2, 0.25) is 0 Å². The molecular formula is C19H25O9P. The van der Waals surface area contributed by atoms with Gasteiger partial charge in [0.15, 0.2) is 0 Å². The molecule has 10 heteroatoms. The zero-order valence-corrected chi connectivity index (χ0v) is 17.9. The summed E-state index contributed by atoms with van der Waals surface area (Å²) in [5, 5.41) is -2.51. The fourth-order valence-corrected chi connectivity index (χ4v) is 8.74. The Balaban J connectivity index is 2.01. The van der Waals surface area contributed by atoms with E-state index in [9.17, 15) is 9.59 Å². The number of rotatable bonds is 4. The molecular weight excluding hydrogens is 403 g/mol. The van der Waals surface area contributed by atoms with Crippen molar-refractivity contribution in [1.29, 1.82) is 0 Å². The van der Waals surface area contributed by atoms with Crippen LogP contribution in [0.1, 0.15) is 41.0 Å². The molecule has 0 aromatic heterocycles. The maximum absolute atomic E-state index is 13.4. The number of hydrogen-bond donors (Lipinski definition) is 0. The monoisotopic (exact) mass is 428 g/mol. The Kier molecular flexibility index (Phi) is 4.24. The summed E-state index contributed by atoms with van der Waals surface area (Å²) in [5.74, 6) is -2.95. The molecule has 0 saturated carbocycles. The predicted octanol–water partition coefficient (Wildman–Crippen LogP) is 3.46. The van der Waals surface area contributed by atoms with Gasteiger partial charge in [-0.2, -0.15) is 0 Å². The Bertz CT molecular complexity index is 839. The molecule has 1 atom stereocenters. The molecule has 0 radical (unpaired) electrons. The van der Waals surface area contributed by atoms with Gasteiger partial charge in [-0.3, -0.25) is 0 Å². The molecule has 160 valence electrons. The summed E-state index contributed by atoms with van der Waals surface area (Å²) in [6.45, 7) is 8.39. The van der Waals surface area contributed by atoms with E-state index in [0.29, 0.717) is 0 Å². The average Bonchev–Trinajstić information content (AvgIpc) is 3.00. The van der Waals surface area contributed by atoms with E-state index in [0.717, 1.165) is 0 Å². The van der Waals surface area contributed by atoms with E-state index in [-0.39, 0.29) is 31.1 Å². The summed E-state index contributed by atoms with van der Waals surface area (Å²) >= 11 is 0. The van der Waals surface area contributed by atoms with Crippen LogP contribution in [0, 0.1) is 0 Å². The van der Waals surface area contributed by atoms with Crippen LogP contribution in [0.15, 0.2) is 24.3 Å². The van der Waals surface area contributed by atoms with Crippen LogP contribution in [0.25, 0.3) is 0 Å². The van der Waals surface area contributed by atoms with Gasteiger partial charge in [-0.1, -0.05) is 0 Å². The van der Waals surface area contributed by atoms with Crippen molar-refractivity contribution in [2.75, 3.05) is 13.2 Å². The zero-order valence-electron chi connectivity index (χ0n) is 17.1. The van der Waals surface area contributed by atoms with Gasteiger partial charge in [-0.15, -0.1) is 0 Å². The summed E-state index contributed by atoms with van der Waals surface area (Å²) in [7, 11) is -5.15. The summed E-state index contributed by atoms with van der Waals surface area (Å²) in [5.41, 5.74) is -0.909. The van der Waals surface area contributed by atoms with Crippen LogP contribution in [0.4, 0.5) is 0 Å². The number of para-hydroxylation sites is 2. The van der Waals surface area contributed by atoms with Crippen LogP contribution >= 0.6 is 7.51 Å². The molecule has 0 amide bonds. The first-order valence-electron chi connectivity index (χ1n) is 9.52. The van der Waals surface area contributed by atoms with Gasteiger partial charge in [0.05, 0.1) is 0 Å². The molecule has 1 aromatic carbocycles. The summed E-state index contributed by atoms with van der Waals surface area (Å²) in [6, 6.07) is 6.72. The molecule has 1 unspecified atom stereocenters. The number of benzene rings is 1. The van der Waals surface area contributed by atoms with Crippen LogP contribution in [-0.2, 0) is 32.8 Å². The van der Waals surface area contributed by atoms with Crippen molar-refractivity contribution in [1.82, 2.24) is 0 Å². The zero-order chi connectivity index (χ0) is 21.2. The SMILES string of the molecule is CCOC(=O)C1(C(=O)OCC)OC2(C)CC(C)(C)OP13(Oc1ccccc1O3)O2. The summed E-state index contributed by atoms with van der Waals surface area (Å²) in [4.78, 5) is 26.7. The van der Waals surface area contributed by atoms with E-state index in [4.69, 9.17) is 32.3 Å². The third-order valence-corrected chi connectivity index (χ3v) is 8.86. The van der Waals surface area contributed by atoms with Gasteiger partial charge in [0.1, 0.15) is 0 Å². The van der Waals surface area contributed by atoms with Crippen molar-refractivity contribution in [2.24, 2.45) is 0 Å². The topological polar surface area (TPSA) is 98.8 Å². The van der Waals surface area contributed by atoms with E-state index in [1.807, 2.05) is 0 Å². The number of hydrogen-bond acceptors (Lipinski definition) is 9. The van der Waals surface area contributed by atoms with E-state index in [1.165, 1.54) is 0 Å². The predicted molar refractivity (Wildman–Crippen MR) is 101 cm³/mol. The van der Waals surface area contributed by atoms with Gasteiger partial charge in [0.25, 0.3) is 0 Å². The van der Waals surface area contributed by atoms with Crippen LogP contribution in [0.2, 0.25) is 0 Å². The second-order valence-electron chi connectivity index (χ2n) is 7.88. The van der Waals surface area contributed by atoms with Crippen molar-refractivity contribution < 1.29 is 41.9 Å². The number of ether oxygens (including phenoxy) is 3. The molecule has 1 aromatic rings. The van der Waals surface area contributed by atoms with Crippen LogP contribution in [0.3, 0.4) is 0 Å². The van der Waals surface area contributed by atoms with E-state index in [1.54, 1.807) is 58.9 Å². The Labute approximate surface area is 168 Å². The second kappa shape index (κ2) is 6.04. The Morgan fingerprint density at radius 2 is 1.48 bits per heavy atom. The molecule has 0 aliphatic carbocycles. The van der Waals surface area contributed by atoms with Crippen LogP contribution in [0.5, 0.6) is 11.5 Å². The molecule has 3 heterocycles. The van der Waals surface area contributed by atoms with Crippen molar-refractivity contribution in [2.45, 2.75) is 57.8 Å². The van der Waals surface area contributed by atoms with Crippen molar-refractivity contribution in [3.05, 3.63) is 24.3 Å². The van der Waals surface area contributed by atoms with Gasteiger partial charge in [-0.25, -0.2) is 0 Å². The number of fused-ring (bicyclic) bond motifs is 2. The van der Waals surface area contributed by atoms with Gasteiger partial charge in [0, 0.05) is 0 Å². The standard InChI is InChI=1S/C19H25O9P/c1-6-22-15(20)19(16(21)23-7-2)26-18(5)12-17(3,4)27-29(19,28-18)24-13-10-8-9-11-14(13)25-29/h8-11H,6-7,12H2,1-5H3. The first kappa shape index (κ1) is 20.3. The summed E-state index contributed by atoms with van der Waals surface area (Å²) in [6.07, 6.45) is 0.210. The maximum atomic E-state index is 13.4. The van der Waals surface area contributed by atoms with Gasteiger partial charge < -0.3 is 0 Å². The molecule has 2 saturated heterocycles.